The summed E-state index contributed by atoms with van der Waals surface area (Å²) in [5.74, 6) is 1.73. The Morgan fingerprint density at radius 2 is 1.91 bits per heavy atom. The molecule has 1 aliphatic carbocycles. The minimum absolute atomic E-state index is 0.0284. The van der Waals surface area contributed by atoms with Crippen LogP contribution >= 0.6 is 11.8 Å². The molecule has 0 atom stereocenters. The van der Waals surface area contributed by atoms with Crippen LogP contribution in [0, 0.1) is 0 Å². The molecule has 1 amide bonds. The molecule has 0 radical (unpaired) electrons. The van der Waals surface area contributed by atoms with Gasteiger partial charge in [0.2, 0.25) is 0 Å². The number of anilines is 1. The number of nitrogens with one attached hydrogen (secondary N) is 1. The molecule has 1 aromatic carbocycles. The topological polar surface area (TPSA) is 61.4 Å². The van der Waals surface area contributed by atoms with Crippen molar-refractivity contribution in [1.82, 2.24) is 20.2 Å². The Kier molecular flexibility index (Phi) is 9.36. The highest BCUT2D eigenvalue weighted by Crippen LogP contribution is 2.28. The molecule has 0 aliphatic heterocycles. The van der Waals surface area contributed by atoms with Gasteiger partial charge in [0, 0.05) is 49.3 Å². The third kappa shape index (κ3) is 7.20. The highest BCUT2D eigenvalue weighted by atomic mass is 32.2. The van der Waals surface area contributed by atoms with E-state index in [1.54, 1.807) is 11.8 Å². The van der Waals surface area contributed by atoms with Crippen LogP contribution in [0.5, 0.6) is 0 Å². The molecular weight excluding hydrogens is 418 g/mol. The van der Waals surface area contributed by atoms with Crippen LogP contribution in [0.4, 0.5) is 5.82 Å². The van der Waals surface area contributed by atoms with Crippen LogP contribution in [0.1, 0.15) is 60.6 Å². The molecule has 0 unspecified atom stereocenters. The number of thioether (sulfide) groups is 1. The van der Waals surface area contributed by atoms with E-state index >= 15 is 0 Å². The lowest BCUT2D eigenvalue weighted by atomic mass is 9.94. The number of hydrogen-bond acceptors (Lipinski definition) is 6. The Bertz CT molecular complexity index is 882. The zero-order valence-electron chi connectivity index (χ0n) is 19.9. The van der Waals surface area contributed by atoms with Crippen LogP contribution in [0.15, 0.2) is 35.5 Å². The van der Waals surface area contributed by atoms with Crippen LogP contribution in [0.3, 0.4) is 0 Å². The summed E-state index contributed by atoms with van der Waals surface area (Å²) >= 11 is 1.64. The second-order valence-electron chi connectivity index (χ2n) is 8.80. The number of aromatic nitrogens is 2. The maximum absolute atomic E-state index is 12.4. The van der Waals surface area contributed by atoms with Gasteiger partial charge < -0.3 is 15.1 Å². The van der Waals surface area contributed by atoms with Crippen molar-refractivity contribution in [1.29, 1.82) is 0 Å². The smallest absolute Gasteiger partial charge is 0.251 e. The van der Waals surface area contributed by atoms with Gasteiger partial charge in [-0.25, -0.2) is 9.97 Å². The van der Waals surface area contributed by atoms with E-state index in [0.717, 1.165) is 41.0 Å². The van der Waals surface area contributed by atoms with Crippen molar-refractivity contribution in [2.75, 3.05) is 39.1 Å². The molecule has 1 aromatic heterocycles. The molecule has 7 heteroatoms. The number of aryl methyl sites for hydroxylation is 1. The molecule has 32 heavy (non-hydrogen) atoms. The maximum atomic E-state index is 12.4. The van der Waals surface area contributed by atoms with E-state index in [2.05, 4.69) is 41.2 Å². The average molecular weight is 456 g/mol. The van der Waals surface area contributed by atoms with Crippen molar-refractivity contribution < 1.29 is 4.79 Å². The average Bonchev–Trinajstić information content (AvgIpc) is 2.82. The summed E-state index contributed by atoms with van der Waals surface area (Å²) in [5.41, 5.74) is 2.87. The fourth-order valence-electron chi connectivity index (χ4n) is 3.99. The molecule has 3 rings (SSSR count). The van der Waals surface area contributed by atoms with E-state index in [4.69, 9.17) is 9.97 Å². The Morgan fingerprint density at radius 3 is 2.62 bits per heavy atom. The number of amides is 1. The summed E-state index contributed by atoms with van der Waals surface area (Å²) in [7, 11) is 6.17. The predicted molar refractivity (Wildman–Crippen MR) is 134 cm³/mol. The molecule has 0 saturated heterocycles. The van der Waals surface area contributed by atoms with Crippen molar-refractivity contribution in [3.05, 3.63) is 47.2 Å². The quantitative estimate of drug-likeness (QED) is 0.423. The number of hydrogen-bond donors (Lipinski definition) is 1. The summed E-state index contributed by atoms with van der Waals surface area (Å²) in [6.07, 6.45) is 7.34. The minimum atomic E-state index is -0.0284. The van der Waals surface area contributed by atoms with Gasteiger partial charge in [-0.2, -0.15) is 0 Å². The summed E-state index contributed by atoms with van der Waals surface area (Å²) in [5, 5.41) is 3.79. The number of rotatable bonds is 10. The Labute approximate surface area is 197 Å². The van der Waals surface area contributed by atoms with E-state index in [-0.39, 0.29) is 5.91 Å². The Balaban J connectivity index is 1.65. The normalized spacial score (nSPS) is 14.5. The summed E-state index contributed by atoms with van der Waals surface area (Å²) in [6, 6.07) is 10.5. The Morgan fingerprint density at radius 1 is 1.12 bits per heavy atom. The standard InChI is InChI=1S/C25H37N5OS/c1-5-21-17-23(30(4)22-12-7-6-8-13-22)28-25(27-21)32-18-19-10-9-11-20(16-19)24(31)26-14-15-29(2)3/h9-11,16-17,22H,5-8,12-15,18H2,1-4H3,(H,26,31). The van der Waals surface area contributed by atoms with Crippen molar-refractivity contribution in [3.63, 3.8) is 0 Å². The van der Waals surface area contributed by atoms with Gasteiger partial charge in [0.05, 0.1) is 0 Å². The lowest BCUT2D eigenvalue weighted by Crippen LogP contribution is -2.34. The van der Waals surface area contributed by atoms with Crippen molar-refractivity contribution >= 4 is 23.5 Å². The van der Waals surface area contributed by atoms with Gasteiger partial charge in [-0.15, -0.1) is 0 Å². The lowest BCUT2D eigenvalue weighted by Gasteiger charge is -2.32. The third-order valence-electron chi connectivity index (χ3n) is 5.99. The second-order valence-corrected chi connectivity index (χ2v) is 9.75. The predicted octanol–water partition coefficient (Wildman–Crippen LogP) is 4.39. The molecule has 1 N–H and O–H groups in total. The van der Waals surface area contributed by atoms with Crippen LogP contribution in [-0.2, 0) is 12.2 Å². The fraction of sp³-hybridized carbons (Fsp3) is 0.560. The van der Waals surface area contributed by atoms with Crippen molar-refractivity contribution in [3.8, 4) is 0 Å². The maximum Gasteiger partial charge on any atom is 0.251 e. The van der Waals surface area contributed by atoms with Crippen molar-refractivity contribution in [2.45, 2.75) is 62.4 Å². The molecule has 2 aromatic rings. The van der Waals surface area contributed by atoms with E-state index in [1.807, 2.05) is 32.3 Å². The van der Waals surface area contributed by atoms with E-state index in [1.165, 1.54) is 32.1 Å². The van der Waals surface area contributed by atoms with Gasteiger partial charge in [-0.05, 0) is 51.1 Å². The monoisotopic (exact) mass is 455 g/mol. The van der Waals surface area contributed by atoms with E-state index in [0.29, 0.717) is 18.2 Å². The fourth-order valence-corrected chi connectivity index (χ4v) is 4.80. The second kappa shape index (κ2) is 12.2. The van der Waals surface area contributed by atoms with E-state index < -0.39 is 0 Å². The van der Waals surface area contributed by atoms with E-state index in [9.17, 15) is 4.79 Å². The molecular formula is C25H37N5OS. The zero-order valence-corrected chi connectivity index (χ0v) is 20.7. The van der Waals surface area contributed by atoms with Crippen LogP contribution < -0.4 is 10.2 Å². The first-order chi connectivity index (χ1) is 15.5. The van der Waals surface area contributed by atoms with Gasteiger partial charge in [-0.1, -0.05) is 50.1 Å². The van der Waals surface area contributed by atoms with Crippen LogP contribution in [0.25, 0.3) is 0 Å². The Hall–Kier alpha value is -2.12. The first-order valence-electron chi connectivity index (χ1n) is 11.7. The number of carbonyl (C=O) groups excluding carboxylic acids is 1. The number of benzene rings is 1. The molecule has 0 spiro atoms. The van der Waals surface area contributed by atoms with Crippen LogP contribution in [-0.4, -0.2) is 61.0 Å². The first-order valence-corrected chi connectivity index (χ1v) is 12.7. The minimum Gasteiger partial charge on any atom is -0.357 e. The number of likely N-dealkylation sites (N-methyl/N-ethyl adjacent to an activating group) is 1. The first kappa shape index (κ1) is 24.5. The van der Waals surface area contributed by atoms with Gasteiger partial charge in [0.25, 0.3) is 5.91 Å². The SMILES string of the molecule is CCc1cc(N(C)C2CCCCC2)nc(SCc2cccc(C(=O)NCCN(C)C)c2)n1. The summed E-state index contributed by atoms with van der Waals surface area (Å²) in [6.45, 7) is 3.60. The molecule has 1 fully saturated rings. The van der Waals surface area contributed by atoms with Gasteiger partial charge >= 0.3 is 0 Å². The van der Waals surface area contributed by atoms with Gasteiger partial charge in [0.1, 0.15) is 5.82 Å². The number of nitrogens with zero attached hydrogens (tertiary/aromatic N) is 4. The van der Waals surface area contributed by atoms with Gasteiger partial charge in [0.15, 0.2) is 5.16 Å². The molecule has 0 bridgehead atoms. The summed E-state index contributed by atoms with van der Waals surface area (Å²) in [4.78, 5) is 26.5. The molecule has 1 heterocycles. The van der Waals surface area contributed by atoms with Gasteiger partial charge in [-0.3, -0.25) is 4.79 Å². The van der Waals surface area contributed by atoms with Crippen molar-refractivity contribution in [2.24, 2.45) is 0 Å². The largest absolute Gasteiger partial charge is 0.357 e. The lowest BCUT2D eigenvalue weighted by molar-refractivity contribution is 0.0951. The zero-order chi connectivity index (χ0) is 22.9. The molecule has 174 valence electrons. The highest BCUT2D eigenvalue weighted by Gasteiger charge is 2.20. The third-order valence-corrected chi connectivity index (χ3v) is 6.91. The molecule has 1 aliphatic rings. The highest BCUT2D eigenvalue weighted by molar-refractivity contribution is 7.98. The molecule has 1 saturated carbocycles. The molecule has 6 nitrogen and oxygen atoms in total. The van der Waals surface area contributed by atoms with Crippen LogP contribution in [0.2, 0.25) is 0 Å². The summed E-state index contributed by atoms with van der Waals surface area (Å²) < 4.78 is 0. The number of carbonyl (C=O) groups is 1.